The first kappa shape index (κ1) is 14.8. The molecule has 0 fully saturated rings. The molecule has 2 N–H and O–H groups in total. The molecule has 1 atom stereocenters. The molecule has 1 unspecified atom stereocenters. The minimum absolute atomic E-state index is 0.407. The highest BCUT2D eigenvalue weighted by Crippen LogP contribution is 2.24. The fraction of sp³-hybridized carbons (Fsp3) is 0.538. The van der Waals surface area contributed by atoms with Gasteiger partial charge in [0.2, 0.25) is 0 Å². The summed E-state index contributed by atoms with van der Waals surface area (Å²) in [5.41, 5.74) is 1.17. The van der Waals surface area contributed by atoms with Gasteiger partial charge in [-0.3, -0.25) is 0 Å². The van der Waals surface area contributed by atoms with Gasteiger partial charge >= 0.3 is 0 Å². The van der Waals surface area contributed by atoms with Crippen LogP contribution in [0.3, 0.4) is 0 Å². The van der Waals surface area contributed by atoms with Gasteiger partial charge in [-0.1, -0.05) is 6.92 Å². The van der Waals surface area contributed by atoms with Crippen molar-refractivity contribution in [3.8, 4) is 6.07 Å². The number of imidazole rings is 1. The topological polar surface area (TPSA) is 90.3 Å². The van der Waals surface area contributed by atoms with Crippen molar-refractivity contribution in [2.45, 2.75) is 36.8 Å². The van der Waals surface area contributed by atoms with E-state index < -0.39 is 5.54 Å². The maximum Gasteiger partial charge on any atom is 0.181 e. The van der Waals surface area contributed by atoms with Crippen LogP contribution in [-0.2, 0) is 0 Å². The number of nitriles is 1. The zero-order valence-electron chi connectivity index (χ0n) is 11.7. The number of H-pyrrole nitrogens is 1. The van der Waals surface area contributed by atoms with Crippen LogP contribution in [0.2, 0.25) is 0 Å². The minimum Gasteiger partial charge on any atom is -0.341 e. The number of hydrogen-bond acceptors (Lipinski definition) is 6. The van der Waals surface area contributed by atoms with E-state index in [9.17, 15) is 5.26 Å². The van der Waals surface area contributed by atoms with Crippen molar-refractivity contribution < 1.29 is 0 Å². The van der Waals surface area contributed by atoms with E-state index in [1.165, 1.54) is 6.33 Å². The summed E-state index contributed by atoms with van der Waals surface area (Å²) in [6, 6.07) is 2.38. The predicted octanol–water partition coefficient (Wildman–Crippen LogP) is 2.12. The van der Waals surface area contributed by atoms with Crippen molar-refractivity contribution in [3.63, 3.8) is 0 Å². The zero-order chi connectivity index (χ0) is 14.4. The monoisotopic (exact) mass is 290 g/mol. The van der Waals surface area contributed by atoms with Gasteiger partial charge in [0.15, 0.2) is 5.65 Å². The third-order valence-corrected chi connectivity index (χ3v) is 4.55. The molecule has 0 aliphatic rings. The van der Waals surface area contributed by atoms with Gasteiger partial charge in [-0.2, -0.15) is 5.26 Å². The first-order valence-corrected chi connectivity index (χ1v) is 7.60. The van der Waals surface area contributed by atoms with Crippen LogP contribution in [0.25, 0.3) is 11.2 Å². The van der Waals surface area contributed by atoms with Gasteiger partial charge in [-0.25, -0.2) is 15.0 Å². The molecule has 20 heavy (non-hydrogen) atoms. The maximum absolute atomic E-state index is 9.25. The van der Waals surface area contributed by atoms with Gasteiger partial charge in [0.25, 0.3) is 0 Å². The molecule has 2 heterocycles. The number of aromatic amines is 1. The molecule has 106 valence electrons. The fourth-order valence-corrected chi connectivity index (χ4v) is 2.96. The summed E-state index contributed by atoms with van der Waals surface area (Å²) in [4.78, 5) is 15.5. The Hall–Kier alpha value is -1.65. The molecular formula is C13H18N6S. The van der Waals surface area contributed by atoms with E-state index in [1.807, 2.05) is 14.0 Å². The molecule has 0 bridgehead atoms. The first-order valence-electron chi connectivity index (χ1n) is 6.61. The summed E-state index contributed by atoms with van der Waals surface area (Å²) in [6.45, 7) is 2.03. The Balaban J connectivity index is 1.91. The van der Waals surface area contributed by atoms with Gasteiger partial charge in [-0.15, -0.1) is 11.8 Å². The van der Waals surface area contributed by atoms with Crippen molar-refractivity contribution in [2.75, 3.05) is 12.8 Å². The third-order valence-electron chi connectivity index (χ3n) is 3.47. The number of hydrogen-bond donors (Lipinski definition) is 2. The summed E-state index contributed by atoms with van der Waals surface area (Å²) in [5.74, 6) is 0.913. The number of rotatable bonds is 7. The van der Waals surface area contributed by atoms with E-state index >= 15 is 0 Å². The second-order valence-electron chi connectivity index (χ2n) is 4.53. The molecule has 0 radical (unpaired) electrons. The second-order valence-corrected chi connectivity index (χ2v) is 5.61. The Bertz CT molecular complexity index is 598. The van der Waals surface area contributed by atoms with Crippen LogP contribution in [0.1, 0.15) is 26.2 Å². The van der Waals surface area contributed by atoms with Crippen LogP contribution >= 0.6 is 11.8 Å². The van der Waals surface area contributed by atoms with E-state index in [0.29, 0.717) is 5.65 Å². The van der Waals surface area contributed by atoms with E-state index in [0.717, 1.165) is 35.6 Å². The highest BCUT2D eigenvalue weighted by atomic mass is 32.2. The van der Waals surface area contributed by atoms with Crippen molar-refractivity contribution in [2.24, 2.45) is 0 Å². The standard InChI is InChI=1S/C13H18N6S/c1-3-13(7-14,15-2)5-4-6-20-12-10-11(17-8-16-10)18-9-19-12/h8-9,15H,3-6H2,1-2H3,(H,16,17,18,19). The number of nitrogens with one attached hydrogen (secondary N) is 2. The molecule has 0 aromatic carbocycles. The lowest BCUT2D eigenvalue weighted by atomic mass is 9.93. The minimum atomic E-state index is -0.407. The second kappa shape index (κ2) is 6.68. The molecule has 2 aromatic rings. The zero-order valence-corrected chi connectivity index (χ0v) is 12.5. The molecule has 2 aromatic heterocycles. The van der Waals surface area contributed by atoms with Gasteiger partial charge in [0, 0.05) is 0 Å². The van der Waals surface area contributed by atoms with Gasteiger partial charge in [0.05, 0.1) is 12.4 Å². The number of aromatic nitrogens is 4. The Kier molecular flexibility index (Phi) is 4.93. The summed E-state index contributed by atoms with van der Waals surface area (Å²) in [6.07, 6.45) is 5.75. The molecule has 0 spiro atoms. The fourth-order valence-electron chi connectivity index (χ4n) is 2.06. The van der Waals surface area contributed by atoms with Crippen LogP contribution in [0.4, 0.5) is 0 Å². The summed E-state index contributed by atoms with van der Waals surface area (Å²) >= 11 is 1.67. The highest BCUT2D eigenvalue weighted by molar-refractivity contribution is 7.99. The SMILES string of the molecule is CCC(C#N)(CCCSc1ncnc2nc[nH]c12)NC. The summed E-state index contributed by atoms with van der Waals surface area (Å²) in [7, 11) is 1.85. The van der Waals surface area contributed by atoms with Crippen LogP contribution in [0, 0.1) is 11.3 Å². The lowest BCUT2D eigenvalue weighted by Crippen LogP contribution is -2.40. The molecule has 6 nitrogen and oxygen atoms in total. The lowest BCUT2D eigenvalue weighted by molar-refractivity contribution is 0.400. The molecule has 7 heteroatoms. The average Bonchev–Trinajstić information content (AvgIpc) is 2.97. The van der Waals surface area contributed by atoms with Gasteiger partial charge in [-0.05, 0) is 32.1 Å². The summed E-state index contributed by atoms with van der Waals surface area (Å²) < 4.78 is 0. The average molecular weight is 290 g/mol. The molecule has 2 rings (SSSR count). The van der Waals surface area contributed by atoms with Crippen LogP contribution < -0.4 is 5.32 Å². The van der Waals surface area contributed by atoms with E-state index in [-0.39, 0.29) is 0 Å². The van der Waals surface area contributed by atoms with Crippen LogP contribution in [0.5, 0.6) is 0 Å². The Morgan fingerprint density at radius 3 is 3.00 bits per heavy atom. The Morgan fingerprint density at radius 1 is 1.45 bits per heavy atom. The Labute approximate surface area is 122 Å². The molecule has 0 saturated heterocycles. The van der Waals surface area contributed by atoms with Gasteiger partial charge < -0.3 is 10.3 Å². The van der Waals surface area contributed by atoms with E-state index in [2.05, 4.69) is 31.3 Å². The Morgan fingerprint density at radius 2 is 2.30 bits per heavy atom. The predicted molar refractivity (Wildman–Crippen MR) is 79.3 cm³/mol. The molecule has 0 amide bonds. The summed E-state index contributed by atoms with van der Waals surface area (Å²) in [5, 5.41) is 13.3. The van der Waals surface area contributed by atoms with Crippen molar-refractivity contribution in [3.05, 3.63) is 12.7 Å². The lowest BCUT2D eigenvalue weighted by Gasteiger charge is -2.24. The largest absolute Gasteiger partial charge is 0.341 e. The number of thioether (sulfide) groups is 1. The van der Waals surface area contributed by atoms with Crippen LogP contribution in [-0.4, -0.2) is 38.3 Å². The van der Waals surface area contributed by atoms with Crippen LogP contribution in [0.15, 0.2) is 17.7 Å². The normalized spacial score (nSPS) is 14.1. The van der Waals surface area contributed by atoms with Crippen molar-refractivity contribution >= 4 is 22.9 Å². The van der Waals surface area contributed by atoms with Crippen molar-refractivity contribution in [1.29, 1.82) is 5.26 Å². The smallest absolute Gasteiger partial charge is 0.181 e. The molecule has 0 saturated carbocycles. The van der Waals surface area contributed by atoms with E-state index in [4.69, 9.17) is 0 Å². The molecule has 0 aliphatic heterocycles. The number of nitrogens with zero attached hydrogens (tertiary/aromatic N) is 4. The number of fused-ring (bicyclic) bond motifs is 1. The first-order chi connectivity index (χ1) is 9.74. The quantitative estimate of drug-likeness (QED) is 0.461. The van der Waals surface area contributed by atoms with Crippen molar-refractivity contribution in [1.82, 2.24) is 25.3 Å². The third kappa shape index (κ3) is 3.08. The molecular weight excluding hydrogens is 272 g/mol. The van der Waals surface area contributed by atoms with Gasteiger partial charge in [0.1, 0.15) is 22.4 Å². The van der Waals surface area contributed by atoms with E-state index in [1.54, 1.807) is 18.1 Å². The molecule has 0 aliphatic carbocycles. The highest BCUT2D eigenvalue weighted by Gasteiger charge is 2.24. The maximum atomic E-state index is 9.25.